The molecule has 0 aliphatic carbocycles. The van der Waals surface area contributed by atoms with Crippen molar-refractivity contribution < 1.29 is 9.53 Å². The van der Waals surface area contributed by atoms with Gasteiger partial charge in [0, 0.05) is 18.8 Å². The number of rotatable bonds is 5. The molecule has 1 aliphatic rings. The molecule has 2 N–H and O–H groups in total. The van der Waals surface area contributed by atoms with Gasteiger partial charge in [-0.15, -0.1) is 6.58 Å². The molecular formula is C17H24N2O2. The fraction of sp³-hybridized carbons (Fsp3) is 0.471. The van der Waals surface area contributed by atoms with Crippen LogP contribution in [0.15, 0.2) is 30.9 Å². The van der Waals surface area contributed by atoms with Crippen molar-refractivity contribution in [1.29, 1.82) is 0 Å². The molecule has 21 heavy (non-hydrogen) atoms. The predicted molar refractivity (Wildman–Crippen MR) is 85.3 cm³/mol. The zero-order valence-electron chi connectivity index (χ0n) is 12.7. The summed E-state index contributed by atoms with van der Waals surface area (Å²) in [6.45, 7) is 7.24. The molecule has 4 heteroatoms. The average molecular weight is 288 g/mol. The number of benzene rings is 1. The van der Waals surface area contributed by atoms with E-state index in [0.717, 1.165) is 31.5 Å². The number of nitrogens with zero attached hydrogens (tertiary/aromatic N) is 1. The van der Waals surface area contributed by atoms with E-state index in [1.807, 2.05) is 24.0 Å². The molecule has 114 valence electrons. The molecule has 1 atom stereocenters. The molecule has 0 spiro atoms. The first-order valence-electron chi connectivity index (χ1n) is 7.56. The third-order valence-electron chi connectivity index (χ3n) is 3.77. The Morgan fingerprint density at radius 2 is 2.14 bits per heavy atom. The maximum Gasteiger partial charge on any atom is 0.263 e. The van der Waals surface area contributed by atoms with Crippen molar-refractivity contribution in [2.24, 2.45) is 0 Å². The molecular weight excluding hydrogens is 264 g/mol. The minimum absolute atomic E-state index is 0.0658. The number of hydrogen-bond donors (Lipinski definition) is 1. The number of nitrogens with two attached hydrogens (primary N) is 1. The number of anilines is 1. The predicted octanol–water partition coefficient (Wildman–Crippen LogP) is 2.78. The summed E-state index contributed by atoms with van der Waals surface area (Å²) >= 11 is 0. The van der Waals surface area contributed by atoms with Crippen LogP contribution in [0.25, 0.3) is 0 Å². The van der Waals surface area contributed by atoms with Gasteiger partial charge in [-0.3, -0.25) is 4.79 Å². The van der Waals surface area contributed by atoms with Crippen LogP contribution in [0.5, 0.6) is 5.75 Å². The van der Waals surface area contributed by atoms with E-state index in [4.69, 9.17) is 10.5 Å². The summed E-state index contributed by atoms with van der Waals surface area (Å²) < 4.78 is 5.87. The maximum absolute atomic E-state index is 12.4. The number of carbonyl (C=O) groups excluding carboxylic acids is 1. The summed E-state index contributed by atoms with van der Waals surface area (Å²) in [7, 11) is 0. The Kier molecular flexibility index (Phi) is 5.26. The number of allylic oxidation sites excluding steroid dienone is 1. The van der Waals surface area contributed by atoms with Gasteiger partial charge in [-0.25, -0.2) is 0 Å². The molecule has 1 fully saturated rings. The first-order valence-corrected chi connectivity index (χ1v) is 7.56. The molecule has 1 unspecified atom stereocenters. The zero-order valence-corrected chi connectivity index (χ0v) is 12.7. The van der Waals surface area contributed by atoms with Crippen LogP contribution in [0.1, 0.15) is 31.7 Å². The van der Waals surface area contributed by atoms with Crippen molar-refractivity contribution in [3.63, 3.8) is 0 Å². The van der Waals surface area contributed by atoms with E-state index >= 15 is 0 Å². The summed E-state index contributed by atoms with van der Waals surface area (Å²) in [5.41, 5.74) is 7.45. The minimum atomic E-state index is -0.477. The second-order valence-corrected chi connectivity index (χ2v) is 5.51. The van der Waals surface area contributed by atoms with Crippen LogP contribution in [0.2, 0.25) is 0 Å². The molecule has 4 nitrogen and oxygen atoms in total. The molecule has 0 radical (unpaired) electrons. The van der Waals surface area contributed by atoms with Gasteiger partial charge in [0.15, 0.2) is 6.10 Å². The molecule has 1 amide bonds. The summed E-state index contributed by atoms with van der Waals surface area (Å²) in [5.74, 6) is 0.776. The van der Waals surface area contributed by atoms with Gasteiger partial charge < -0.3 is 15.4 Å². The number of likely N-dealkylation sites (tertiary alicyclic amines) is 1. The Balaban J connectivity index is 2.06. The molecule has 1 aromatic rings. The fourth-order valence-corrected chi connectivity index (χ4v) is 2.64. The normalized spacial score (nSPS) is 16.3. The van der Waals surface area contributed by atoms with E-state index in [1.54, 1.807) is 12.1 Å². The molecule has 2 rings (SSSR count). The van der Waals surface area contributed by atoms with Crippen LogP contribution in [0, 0.1) is 0 Å². The quantitative estimate of drug-likeness (QED) is 0.669. The highest BCUT2D eigenvalue weighted by molar-refractivity contribution is 5.81. The van der Waals surface area contributed by atoms with Crippen molar-refractivity contribution >= 4 is 11.6 Å². The van der Waals surface area contributed by atoms with E-state index in [-0.39, 0.29) is 5.91 Å². The molecule has 0 aromatic heterocycles. The van der Waals surface area contributed by atoms with Crippen LogP contribution >= 0.6 is 0 Å². The SMILES string of the molecule is C=CCc1cc(N)ccc1OC(C)C(=O)N1CCCCC1. The van der Waals surface area contributed by atoms with Gasteiger partial charge in [-0.05, 0) is 56.4 Å². The first-order chi connectivity index (χ1) is 10.1. The highest BCUT2D eigenvalue weighted by atomic mass is 16.5. The summed E-state index contributed by atoms with van der Waals surface area (Å²) in [5, 5.41) is 0. The monoisotopic (exact) mass is 288 g/mol. The average Bonchev–Trinajstić information content (AvgIpc) is 2.50. The van der Waals surface area contributed by atoms with E-state index in [2.05, 4.69) is 6.58 Å². The van der Waals surface area contributed by atoms with Gasteiger partial charge in [0.2, 0.25) is 0 Å². The molecule has 1 aromatic carbocycles. The molecule has 1 aliphatic heterocycles. The van der Waals surface area contributed by atoms with Crippen LogP contribution in [0.4, 0.5) is 5.69 Å². The number of carbonyl (C=O) groups is 1. The zero-order chi connectivity index (χ0) is 15.2. The first kappa shape index (κ1) is 15.4. The molecule has 0 saturated carbocycles. The minimum Gasteiger partial charge on any atom is -0.481 e. The number of piperidine rings is 1. The molecule has 1 saturated heterocycles. The number of hydrogen-bond acceptors (Lipinski definition) is 3. The van der Waals surface area contributed by atoms with Gasteiger partial charge >= 0.3 is 0 Å². The Morgan fingerprint density at radius 3 is 2.81 bits per heavy atom. The Labute approximate surface area is 126 Å². The van der Waals surface area contributed by atoms with Gasteiger partial charge in [0.1, 0.15) is 5.75 Å². The number of amides is 1. The van der Waals surface area contributed by atoms with Crippen LogP contribution < -0.4 is 10.5 Å². The van der Waals surface area contributed by atoms with Crippen molar-refractivity contribution in [3.05, 3.63) is 36.4 Å². The largest absolute Gasteiger partial charge is 0.481 e. The highest BCUT2D eigenvalue weighted by Crippen LogP contribution is 2.24. The number of nitrogen functional groups attached to an aromatic ring is 1. The smallest absolute Gasteiger partial charge is 0.263 e. The third kappa shape index (κ3) is 4.00. The van der Waals surface area contributed by atoms with Gasteiger partial charge in [0.05, 0.1) is 0 Å². The molecule has 1 heterocycles. The summed E-state index contributed by atoms with van der Waals surface area (Å²) in [4.78, 5) is 14.3. The van der Waals surface area contributed by atoms with E-state index in [9.17, 15) is 4.79 Å². The van der Waals surface area contributed by atoms with Gasteiger partial charge in [-0.1, -0.05) is 6.08 Å². The van der Waals surface area contributed by atoms with Gasteiger partial charge in [0.25, 0.3) is 5.91 Å². The van der Waals surface area contributed by atoms with Gasteiger partial charge in [-0.2, -0.15) is 0 Å². The fourth-order valence-electron chi connectivity index (χ4n) is 2.64. The van der Waals surface area contributed by atoms with Crippen molar-refractivity contribution in [2.75, 3.05) is 18.8 Å². The van der Waals surface area contributed by atoms with Crippen LogP contribution in [-0.2, 0) is 11.2 Å². The third-order valence-corrected chi connectivity index (χ3v) is 3.77. The number of ether oxygens (including phenoxy) is 1. The van der Waals surface area contributed by atoms with Crippen molar-refractivity contribution in [1.82, 2.24) is 4.90 Å². The Hall–Kier alpha value is -1.97. The lowest BCUT2D eigenvalue weighted by Crippen LogP contribution is -2.43. The Morgan fingerprint density at radius 1 is 1.43 bits per heavy atom. The summed E-state index contributed by atoms with van der Waals surface area (Å²) in [6.07, 6.45) is 5.38. The second-order valence-electron chi connectivity index (χ2n) is 5.51. The van der Waals surface area contributed by atoms with E-state index in [0.29, 0.717) is 17.9 Å². The topological polar surface area (TPSA) is 55.6 Å². The van der Waals surface area contributed by atoms with Crippen molar-refractivity contribution in [2.45, 2.75) is 38.7 Å². The lowest BCUT2D eigenvalue weighted by Gasteiger charge is -2.29. The standard InChI is InChI=1S/C17H24N2O2/c1-3-7-14-12-15(18)8-9-16(14)21-13(2)17(20)19-10-5-4-6-11-19/h3,8-9,12-13H,1,4-7,10-11,18H2,2H3. The van der Waals surface area contributed by atoms with E-state index in [1.165, 1.54) is 6.42 Å². The van der Waals surface area contributed by atoms with Crippen LogP contribution in [0.3, 0.4) is 0 Å². The Bertz CT molecular complexity index is 508. The van der Waals surface area contributed by atoms with Crippen LogP contribution in [-0.4, -0.2) is 30.0 Å². The lowest BCUT2D eigenvalue weighted by molar-refractivity contribution is -0.138. The van der Waals surface area contributed by atoms with Crippen molar-refractivity contribution in [3.8, 4) is 5.75 Å². The summed E-state index contributed by atoms with van der Waals surface area (Å²) in [6, 6.07) is 5.49. The highest BCUT2D eigenvalue weighted by Gasteiger charge is 2.24. The maximum atomic E-state index is 12.4. The second kappa shape index (κ2) is 7.16. The molecule has 0 bridgehead atoms. The van der Waals surface area contributed by atoms with E-state index < -0.39 is 6.10 Å². The lowest BCUT2D eigenvalue weighted by atomic mass is 10.1.